The molecule has 1 aromatic heterocycles. The zero-order valence-corrected chi connectivity index (χ0v) is 20.5. The summed E-state index contributed by atoms with van der Waals surface area (Å²) in [7, 11) is 1.60. The lowest BCUT2D eigenvalue weighted by Crippen LogP contribution is -2.48. The second-order valence-corrected chi connectivity index (χ2v) is 8.85. The maximum Gasteiger partial charge on any atom is 0.162 e. The highest BCUT2D eigenvalue weighted by molar-refractivity contribution is 5.43. The second-order valence-electron chi connectivity index (χ2n) is 8.85. The topological polar surface area (TPSA) is 78.2 Å². The molecule has 0 unspecified atom stereocenters. The quantitative estimate of drug-likeness (QED) is 0.455. The fourth-order valence-corrected chi connectivity index (χ4v) is 4.09. The Morgan fingerprint density at radius 3 is 2.72 bits per heavy atom. The van der Waals surface area contributed by atoms with E-state index in [-0.39, 0.29) is 25.5 Å². The summed E-state index contributed by atoms with van der Waals surface area (Å²) in [6.07, 6.45) is 3.66. The molecule has 1 atom stereocenters. The molecule has 1 N–H and O–H groups in total. The van der Waals surface area contributed by atoms with Crippen LogP contribution in [0, 0.1) is 18.6 Å². The van der Waals surface area contributed by atoms with Gasteiger partial charge in [0.2, 0.25) is 0 Å². The van der Waals surface area contributed by atoms with Crippen molar-refractivity contribution in [3.05, 3.63) is 71.8 Å². The van der Waals surface area contributed by atoms with Crippen LogP contribution in [0.15, 0.2) is 48.8 Å². The molecule has 4 rings (SSSR count). The lowest BCUT2D eigenvalue weighted by atomic mass is 10.1. The largest absolute Gasteiger partial charge is 0.493 e. The predicted octanol–water partition coefficient (Wildman–Crippen LogP) is 3.20. The number of aromatic nitrogens is 2. The molecule has 0 aliphatic carbocycles. The molecule has 0 spiro atoms. The van der Waals surface area contributed by atoms with Crippen LogP contribution in [0.1, 0.15) is 11.4 Å². The van der Waals surface area contributed by atoms with Gasteiger partial charge < -0.3 is 28.6 Å². The Hall–Kier alpha value is -3.21. The Kier molecular flexibility index (Phi) is 8.40. The van der Waals surface area contributed by atoms with Crippen molar-refractivity contribution < 1.29 is 32.8 Å². The summed E-state index contributed by atoms with van der Waals surface area (Å²) in [5, 5.41) is 11.1. The molecule has 1 aliphatic heterocycles. The minimum Gasteiger partial charge on any atom is -0.493 e. The third kappa shape index (κ3) is 6.71. The number of β-amino-alcohol motifs (C(OH)–C–C–N with tert-alkyl or cyclic N) is 1. The molecule has 36 heavy (non-hydrogen) atoms. The molecular weight excluding hydrogens is 472 g/mol. The summed E-state index contributed by atoms with van der Waals surface area (Å²) in [5.41, 5.74) is -0.342. The molecule has 2 aromatic carbocycles. The number of methoxy groups -OCH3 is 1. The highest BCUT2D eigenvalue weighted by Crippen LogP contribution is 2.29. The number of hydrogen-bond acceptors (Lipinski definition) is 7. The molecule has 0 amide bonds. The molecule has 8 nitrogen and oxygen atoms in total. The van der Waals surface area contributed by atoms with Gasteiger partial charge in [-0.05, 0) is 36.8 Å². The molecule has 3 aromatic rings. The fraction of sp³-hybridized carbons (Fsp3) is 0.423. The van der Waals surface area contributed by atoms with E-state index in [0.29, 0.717) is 44.3 Å². The van der Waals surface area contributed by atoms with Crippen molar-refractivity contribution in [1.29, 1.82) is 0 Å². The maximum atomic E-state index is 13.5. The maximum absolute atomic E-state index is 13.5. The van der Waals surface area contributed by atoms with Crippen molar-refractivity contribution in [2.45, 2.75) is 25.6 Å². The number of benzene rings is 2. The van der Waals surface area contributed by atoms with Crippen LogP contribution in [0.4, 0.5) is 8.78 Å². The normalized spacial score (nSPS) is 18.6. The van der Waals surface area contributed by atoms with Crippen LogP contribution < -0.4 is 14.2 Å². The van der Waals surface area contributed by atoms with Crippen molar-refractivity contribution in [1.82, 2.24) is 14.5 Å². The van der Waals surface area contributed by atoms with E-state index in [9.17, 15) is 13.9 Å². The summed E-state index contributed by atoms with van der Waals surface area (Å²) in [6.45, 7) is 4.86. The zero-order chi connectivity index (χ0) is 25.5. The van der Waals surface area contributed by atoms with Crippen LogP contribution in [0.25, 0.3) is 0 Å². The van der Waals surface area contributed by atoms with Gasteiger partial charge in [0.25, 0.3) is 0 Å². The highest BCUT2D eigenvalue weighted by atomic mass is 19.2. The van der Waals surface area contributed by atoms with Crippen LogP contribution >= 0.6 is 0 Å². The number of halogens is 2. The van der Waals surface area contributed by atoms with Crippen molar-refractivity contribution in [2.24, 2.45) is 0 Å². The molecule has 1 saturated heterocycles. The van der Waals surface area contributed by atoms with Crippen molar-refractivity contribution >= 4 is 0 Å². The van der Waals surface area contributed by atoms with Crippen LogP contribution in [0.5, 0.6) is 17.2 Å². The van der Waals surface area contributed by atoms with Gasteiger partial charge >= 0.3 is 0 Å². The number of aliphatic hydroxyl groups is 1. The Labute approximate surface area is 209 Å². The van der Waals surface area contributed by atoms with E-state index in [1.54, 1.807) is 13.3 Å². The van der Waals surface area contributed by atoms with E-state index >= 15 is 0 Å². The highest BCUT2D eigenvalue weighted by Gasteiger charge is 2.33. The Morgan fingerprint density at radius 2 is 1.97 bits per heavy atom. The summed E-state index contributed by atoms with van der Waals surface area (Å²) in [5.74, 6) is 0.373. The van der Waals surface area contributed by atoms with Gasteiger partial charge in [0.15, 0.2) is 23.1 Å². The first-order chi connectivity index (χ1) is 17.3. The number of rotatable bonds is 10. The Balaban J connectivity index is 1.38. The third-order valence-corrected chi connectivity index (χ3v) is 5.99. The van der Waals surface area contributed by atoms with E-state index in [0.717, 1.165) is 23.5 Å². The number of imidazole rings is 1. The third-order valence-electron chi connectivity index (χ3n) is 5.99. The van der Waals surface area contributed by atoms with E-state index in [2.05, 4.69) is 9.88 Å². The average Bonchev–Trinajstić information content (AvgIpc) is 3.17. The first kappa shape index (κ1) is 25.9. The first-order valence-corrected chi connectivity index (χ1v) is 11.7. The molecule has 0 saturated carbocycles. The fourth-order valence-electron chi connectivity index (χ4n) is 4.09. The molecule has 1 aliphatic rings. The van der Waals surface area contributed by atoms with Gasteiger partial charge in [0.1, 0.15) is 30.4 Å². The lowest BCUT2D eigenvalue weighted by molar-refractivity contribution is -0.0647. The summed E-state index contributed by atoms with van der Waals surface area (Å²) in [6, 6.07) is 9.02. The monoisotopic (exact) mass is 503 g/mol. The SMILES string of the molecule is COc1ccc(CN2CCOC[C@@](O)(COc3ccc(F)c(F)c3)C2)cc1OCCn1ccnc1C. The van der Waals surface area contributed by atoms with Crippen LogP contribution in [-0.4, -0.2) is 71.8 Å². The number of nitrogens with zero attached hydrogens (tertiary/aromatic N) is 3. The van der Waals surface area contributed by atoms with Crippen molar-refractivity contribution in [3.63, 3.8) is 0 Å². The van der Waals surface area contributed by atoms with E-state index in [1.807, 2.05) is 35.9 Å². The molecule has 1 fully saturated rings. The van der Waals surface area contributed by atoms with E-state index in [4.69, 9.17) is 18.9 Å². The van der Waals surface area contributed by atoms with Crippen LogP contribution in [0.3, 0.4) is 0 Å². The number of aryl methyl sites for hydroxylation is 1. The van der Waals surface area contributed by atoms with Gasteiger partial charge in [-0.15, -0.1) is 0 Å². The van der Waals surface area contributed by atoms with Crippen LogP contribution in [-0.2, 0) is 17.8 Å². The number of ether oxygens (including phenoxy) is 4. The molecule has 0 bridgehead atoms. The van der Waals surface area contributed by atoms with Gasteiger partial charge in [-0.3, -0.25) is 4.90 Å². The molecular formula is C26H31F2N3O5. The van der Waals surface area contributed by atoms with Crippen molar-refractivity contribution in [3.8, 4) is 17.2 Å². The smallest absolute Gasteiger partial charge is 0.162 e. The molecule has 10 heteroatoms. The zero-order valence-electron chi connectivity index (χ0n) is 20.5. The number of hydrogen-bond donors (Lipinski definition) is 1. The Bertz CT molecular complexity index is 1160. The molecule has 0 radical (unpaired) electrons. The van der Waals surface area contributed by atoms with Gasteiger partial charge in [0.05, 0.1) is 26.9 Å². The predicted molar refractivity (Wildman–Crippen MR) is 128 cm³/mol. The van der Waals surface area contributed by atoms with Crippen LogP contribution in [0.2, 0.25) is 0 Å². The summed E-state index contributed by atoms with van der Waals surface area (Å²) in [4.78, 5) is 6.28. The van der Waals surface area contributed by atoms with E-state index in [1.165, 1.54) is 6.07 Å². The standard InChI is InChI=1S/C26H31F2N3O5/c1-19-29-7-8-31(19)10-12-35-25-13-20(3-6-24(25)33-2)15-30-9-11-34-17-26(32,16-30)18-36-21-4-5-22(27)23(28)14-21/h3-8,13-14,32H,9-12,15-18H2,1-2H3/t26-/m1/s1. The van der Waals surface area contributed by atoms with Gasteiger partial charge in [0, 0.05) is 38.1 Å². The van der Waals surface area contributed by atoms with Gasteiger partial charge in [-0.25, -0.2) is 13.8 Å². The minimum atomic E-state index is -1.32. The average molecular weight is 504 g/mol. The molecule has 194 valence electrons. The summed E-state index contributed by atoms with van der Waals surface area (Å²) < 4.78 is 51.3. The van der Waals surface area contributed by atoms with E-state index < -0.39 is 17.2 Å². The minimum absolute atomic E-state index is 0.0673. The van der Waals surface area contributed by atoms with Crippen molar-refractivity contribution in [2.75, 3.05) is 46.6 Å². The second kappa shape index (κ2) is 11.7. The lowest BCUT2D eigenvalue weighted by Gasteiger charge is -2.30. The summed E-state index contributed by atoms with van der Waals surface area (Å²) >= 11 is 0. The van der Waals surface area contributed by atoms with Gasteiger partial charge in [-0.2, -0.15) is 0 Å². The molecule has 2 heterocycles. The Morgan fingerprint density at radius 1 is 1.11 bits per heavy atom. The van der Waals surface area contributed by atoms with Gasteiger partial charge in [-0.1, -0.05) is 6.07 Å². The first-order valence-electron chi connectivity index (χ1n) is 11.7.